The van der Waals surface area contributed by atoms with Crippen LogP contribution in [0.15, 0.2) is 46.4 Å². The first-order chi connectivity index (χ1) is 18.2. The molecule has 1 aromatic rings. The van der Waals surface area contributed by atoms with Crippen LogP contribution in [0.25, 0.3) is 0 Å². The summed E-state index contributed by atoms with van der Waals surface area (Å²) in [4.78, 5) is 41.5. The first kappa shape index (κ1) is 27.3. The third-order valence-electron chi connectivity index (χ3n) is 6.85. The number of hydrogen-bond donors (Lipinski definition) is 0. The smallest absolute Gasteiger partial charge is 0.378 e. The monoisotopic (exact) mass is 532 g/mol. The van der Waals surface area contributed by atoms with E-state index in [1.54, 1.807) is 28.0 Å². The fourth-order valence-electron chi connectivity index (χ4n) is 4.91. The number of amides is 3. The van der Waals surface area contributed by atoms with E-state index < -0.39 is 24.0 Å². The molecule has 0 N–H and O–H groups in total. The molecule has 13 heteroatoms. The number of hydrogen-bond acceptors (Lipinski definition) is 7. The summed E-state index contributed by atoms with van der Waals surface area (Å²) >= 11 is 0. The molecule has 1 saturated heterocycles. The lowest BCUT2D eigenvalue weighted by molar-refractivity contribution is -0.178. The van der Waals surface area contributed by atoms with Crippen molar-refractivity contribution in [3.63, 3.8) is 0 Å². The largest absolute Gasteiger partial charge is 0.406 e. The number of benzene rings is 1. The number of carbonyl (C=O) groups excluding carboxylic acids is 3. The molecular formula is C25H27F3N6O4. The summed E-state index contributed by atoms with van der Waals surface area (Å²) in [5.41, 5.74) is 1.32. The van der Waals surface area contributed by atoms with Crippen LogP contribution in [0.4, 0.5) is 13.2 Å². The van der Waals surface area contributed by atoms with Crippen LogP contribution in [0.1, 0.15) is 36.4 Å². The van der Waals surface area contributed by atoms with Gasteiger partial charge in [0.25, 0.3) is 5.91 Å². The van der Waals surface area contributed by atoms with Crippen molar-refractivity contribution in [2.24, 2.45) is 16.1 Å². The number of halogens is 3. The Morgan fingerprint density at radius 3 is 2.39 bits per heavy atom. The van der Waals surface area contributed by atoms with Gasteiger partial charge in [-0.25, -0.2) is 0 Å². The second kappa shape index (κ2) is 11.7. The van der Waals surface area contributed by atoms with Gasteiger partial charge in [-0.1, -0.05) is 24.3 Å². The molecule has 202 valence electrons. The Hall–Kier alpha value is -3.79. The van der Waals surface area contributed by atoms with Gasteiger partial charge in [-0.3, -0.25) is 14.4 Å². The third kappa shape index (κ3) is 6.02. The van der Waals surface area contributed by atoms with Gasteiger partial charge in [0.2, 0.25) is 11.8 Å². The Bertz CT molecular complexity index is 1170. The number of alkyl halides is 3. The Kier molecular flexibility index (Phi) is 8.41. The van der Waals surface area contributed by atoms with E-state index in [0.717, 1.165) is 17.3 Å². The topological polar surface area (TPSA) is 119 Å². The SMILES string of the molecule is N#CCCC(=O)N1CCN(C(=O)CCOC[C@H]2c3ccccc3CN2C2=CN=NC(=O)C2C(F)(F)F)CC1. The van der Waals surface area contributed by atoms with Crippen molar-refractivity contribution in [2.45, 2.75) is 38.0 Å². The van der Waals surface area contributed by atoms with Crippen molar-refractivity contribution in [3.8, 4) is 6.07 Å². The number of ether oxygens (including phenoxy) is 1. The Morgan fingerprint density at radius 1 is 1.08 bits per heavy atom. The van der Waals surface area contributed by atoms with Crippen LogP contribution in [0.3, 0.4) is 0 Å². The molecule has 0 radical (unpaired) electrons. The van der Waals surface area contributed by atoms with E-state index in [1.807, 2.05) is 12.1 Å². The minimum atomic E-state index is -4.82. The van der Waals surface area contributed by atoms with E-state index in [4.69, 9.17) is 10.00 Å². The number of nitriles is 1. The number of azo groups is 1. The van der Waals surface area contributed by atoms with E-state index in [9.17, 15) is 27.6 Å². The zero-order chi connectivity index (χ0) is 27.3. The third-order valence-corrected chi connectivity index (χ3v) is 6.85. The predicted octanol–water partition coefficient (Wildman–Crippen LogP) is 2.94. The number of fused-ring (bicyclic) bond motifs is 1. The maximum atomic E-state index is 13.7. The highest BCUT2D eigenvalue weighted by Crippen LogP contribution is 2.44. The van der Waals surface area contributed by atoms with Gasteiger partial charge in [0.15, 0.2) is 5.92 Å². The van der Waals surface area contributed by atoms with Crippen LogP contribution in [0.5, 0.6) is 0 Å². The van der Waals surface area contributed by atoms with Crippen LogP contribution in [-0.2, 0) is 25.7 Å². The van der Waals surface area contributed by atoms with E-state index in [2.05, 4.69) is 10.2 Å². The second-order valence-electron chi connectivity index (χ2n) is 9.17. The van der Waals surface area contributed by atoms with E-state index >= 15 is 0 Å². The number of rotatable bonds is 8. The van der Waals surface area contributed by atoms with E-state index in [-0.39, 0.29) is 56.5 Å². The molecule has 1 aromatic carbocycles. The number of nitrogens with zero attached hydrogens (tertiary/aromatic N) is 6. The molecule has 0 saturated carbocycles. The first-order valence-electron chi connectivity index (χ1n) is 12.3. The molecule has 0 aliphatic carbocycles. The number of piperazine rings is 1. The van der Waals surface area contributed by atoms with Gasteiger partial charge in [0, 0.05) is 45.6 Å². The van der Waals surface area contributed by atoms with Gasteiger partial charge >= 0.3 is 6.18 Å². The predicted molar refractivity (Wildman–Crippen MR) is 126 cm³/mol. The van der Waals surface area contributed by atoms with Crippen molar-refractivity contribution < 1.29 is 32.3 Å². The molecule has 0 aromatic heterocycles. The summed E-state index contributed by atoms with van der Waals surface area (Å²) in [5.74, 6) is -4.00. The summed E-state index contributed by atoms with van der Waals surface area (Å²) in [6.07, 6.45) is -3.44. The lowest BCUT2D eigenvalue weighted by atomic mass is 10.0. The van der Waals surface area contributed by atoms with Gasteiger partial charge in [0.1, 0.15) is 0 Å². The van der Waals surface area contributed by atoms with E-state index in [1.165, 1.54) is 4.90 Å². The molecule has 0 spiro atoms. The summed E-state index contributed by atoms with van der Waals surface area (Å²) in [6.45, 7) is 1.80. The van der Waals surface area contributed by atoms with Crippen molar-refractivity contribution in [1.82, 2.24) is 14.7 Å². The average Bonchev–Trinajstić information content (AvgIpc) is 3.27. The zero-order valence-corrected chi connectivity index (χ0v) is 20.6. The first-order valence-corrected chi connectivity index (χ1v) is 12.3. The van der Waals surface area contributed by atoms with Crippen molar-refractivity contribution in [2.75, 3.05) is 39.4 Å². The Morgan fingerprint density at radius 2 is 1.74 bits per heavy atom. The minimum absolute atomic E-state index is 0.0126. The zero-order valence-electron chi connectivity index (χ0n) is 20.6. The molecule has 1 unspecified atom stereocenters. The molecule has 3 aliphatic heterocycles. The normalized spacial score (nSPS) is 21.3. The quantitative estimate of drug-likeness (QED) is 0.475. The Labute approximate surface area is 217 Å². The lowest BCUT2D eigenvalue weighted by Gasteiger charge is -2.35. The maximum absolute atomic E-state index is 13.7. The molecular weight excluding hydrogens is 505 g/mol. The van der Waals surface area contributed by atoms with Crippen LogP contribution in [0, 0.1) is 17.2 Å². The lowest BCUT2D eigenvalue weighted by Crippen LogP contribution is -2.50. The summed E-state index contributed by atoms with van der Waals surface area (Å²) in [7, 11) is 0. The van der Waals surface area contributed by atoms with Crippen molar-refractivity contribution in [1.29, 1.82) is 5.26 Å². The highest BCUT2D eigenvalue weighted by molar-refractivity contribution is 5.83. The van der Waals surface area contributed by atoms with Gasteiger partial charge in [-0.2, -0.15) is 23.5 Å². The van der Waals surface area contributed by atoms with Gasteiger partial charge in [-0.15, -0.1) is 5.11 Å². The van der Waals surface area contributed by atoms with Crippen molar-refractivity contribution in [3.05, 3.63) is 47.3 Å². The van der Waals surface area contributed by atoms with Crippen LogP contribution in [0.2, 0.25) is 0 Å². The molecule has 10 nitrogen and oxygen atoms in total. The van der Waals surface area contributed by atoms with Crippen LogP contribution in [-0.4, -0.2) is 78.0 Å². The standard InChI is InChI=1S/C25H27F3N6O4/c26-25(27,28)23-19(14-30-31-24(23)37)34-15-17-4-1-2-5-18(17)20(34)16-38-13-7-22(36)33-11-9-32(10-12-33)21(35)6-3-8-29/h1-2,4-5,14,20,23H,3,6-7,9-13,15-16H2/t20-,23?/m0/s1. The van der Waals surface area contributed by atoms with Gasteiger partial charge in [-0.05, 0) is 11.1 Å². The highest BCUT2D eigenvalue weighted by atomic mass is 19.4. The number of carbonyl (C=O) groups is 3. The molecule has 3 heterocycles. The molecule has 0 bridgehead atoms. The van der Waals surface area contributed by atoms with Crippen molar-refractivity contribution >= 4 is 17.7 Å². The molecule has 4 rings (SSSR count). The van der Waals surface area contributed by atoms with Gasteiger partial charge in [0.05, 0.1) is 43.6 Å². The molecule has 3 amide bonds. The van der Waals surface area contributed by atoms with Crippen LogP contribution >= 0.6 is 0 Å². The second-order valence-corrected chi connectivity index (χ2v) is 9.17. The molecule has 2 atom stereocenters. The fraction of sp³-hybridized carbons (Fsp3) is 0.520. The fourth-order valence-corrected chi connectivity index (χ4v) is 4.91. The molecule has 38 heavy (non-hydrogen) atoms. The molecule has 1 fully saturated rings. The summed E-state index contributed by atoms with van der Waals surface area (Å²) in [5, 5.41) is 15.2. The average molecular weight is 533 g/mol. The maximum Gasteiger partial charge on any atom is 0.406 e. The summed E-state index contributed by atoms with van der Waals surface area (Å²) < 4.78 is 47.0. The van der Waals surface area contributed by atoms with Crippen LogP contribution < -0.4 is 0 Å². The minimum Gasteiger partial charge on any atom is -0.378 e. The molecule has 3 aliphatic rings. The Balaban J connectivity index is 1.33. The highest BCUT2D eigenvalue weighted by Gasteiger charge is 2.52. The summed E-state index contributed by atoms with van der Waals surface area (Å²) in [6, 6.07) is 8.54. The van der Waals surface area contributed by atoms with E-state index in [0.29, 0.717) is 26.2 Å². The van der Waals surface area contributed by atoms with Gasteiger partial charge < -0.3 is 19.4 Å².